The van der Waals surface area contributed by atoms with Crippen molar-refractivity contribution in [1.82, 2.24) is 4.90 Å². The molecule has 31 heavy (non-hydrogen) atoms. The number of rotatable bonds is 6. The van der Waals surface area contributed by atoms with Crippen molar-refractivity contribution in [3.8, 4) is 5.75 Å². The van der Waals surface area contributed by atoms with Crippen LogP contribution in [0, 0.1) is 6.92 Å². The second-order valence-electron chi connectivity index (χ2n) is 6.53. The van der Waals surface area contributed by atoms with Crippen molar-refractivity contribution in [3.63, 3.8) is 0 Å². The lowest BCUT2D eigenvalue weighted by Gasteiger charge is -2.09. The minimum atomic E-state index is -1.03. The quantitative estimate of drug-likeness (QED) is 0.541. The first-order chi connectivity index (χ1) is 14.8. The molecule has 0 radical (unpaired) electrons. The number of carboxylic acids is 1. The van der Waals surface area contributed by atoms with Gasteiger partial charge < -0.3 is 14.6 Å². The topological polar surface area (TPSA) is 106 Å². The molecule has 1 N–H and O–H groups in total. The first kappa shape index (κ1) is 22.1. The highest BCUT2D eigenvalue weighted by Gasteiger charge is 2.31. The van der Waals surface area contributed by atoms with Gasteiger partial charge in [0.15, 0.2) is 11.8 Å². The molecule has 1 aliphatic heterocycles. The van der Waals surface area contributed by atoms with Crippen molar-refractivity contribution in [1.29, 1.82) is 0 Å². The molecule has 0 aliphatic carbocycles. The number of carboxylic acid groups (broad SMARTS) is 1. The molecule has 3 rings (SSSR count). The average Bonchev–Trinajstić information content (AvgIpc) is 3.01. The largest absolute Gasteiger partial charge is 0.481 e. The highest BCUT2D eigenvalue weighted by molar-refractivity contribution is 8.18. The number of thioether (sulfide) groups is 1. The molecule has 0 unspecified atom stereocenters. The molecule has 8 nitrogen and oxygen atoms in total. The second-order valence-corrected chi connectivity index (χ2v) is 7.54. The lowest BCUT2D eigenvalue weighted by Crippen LogP contribution is -2.23. The number of carbonyl (C=O) groups excluding carboxylic acids is 2. The third-order valence-electron chi connectivity index (χ3n) is 4.53. The second kappa shape index (κ2) is 9.48. The Kier molecular flexibility index (Phi) is 6.76. The van der Waals surface area contributed by atoms with Crippen molar-refractivity contribution < 1.29 is 29.0 Å². The number of benzene rings is 2. The fourth-order valence-corrected chi connectivity index (χ4v) is 3.77. The zero-order chi connectivity index (χ0) is 22.5. The maximum Gasteiger partial charge on any atom is 0.343 e. The number of para-hydroxylation sites is 1. The van der Waals surface area contributed by atoms with Crippen LogP contribution < -0.4 is 4.74 Å². The number of hydrogen-bond donors (Lipinski definition) is 1. The van der Waals surface area contributed by atoms with E-state index >= 15 is 0 Å². The Balaban J connectivity index is 1.90. The van der Waals surface area contributed by atoms with E-state index in [1.54, 1.807) is 56.4 Å². The van der Waals surface area contributed by atoms with Crippen LogP contribution in [0.5, 0.6) is 5.75 Å². The van der Waals surface area contributed by atoms with Crippen LogP contribution in [0.4, 0.5) is 5.69 Å². The van der Waals surface area contributed by atoms with Crippen molar-refractivity contribution in [2.24, 2.45) is 4.99 Å². The zero-order valence-corrected chi connectivity index (χ0v) is 17.9. The van der Waals surface area contributed by atoms with Crippen LogP contribution in [-0.4, -0.2) is 53.8 Å². The Morgan fingerprint density at radius 1 is 1.19 bits per heavy atom. The number of amidine groups is 1. The summed E-state index contributed by atoms with van der Waals surface area (Å²) in [7, 11) is 2.88. The summed E-state index contributed by atoms with van der Waals surface area (Å²) in [6, 6.07) is 11.8. The first-order valence-electron chi connectivity index (χ1n) is 9.19. The number of methoxy groups -OCH3 is 1. The van der Waals surface area contributed by atoms with Crippen LogP contribution >= 0.6 is 11.8 Å². The van der Waals surface area contributed by atoms with E-state index in [4.69, 9.17) is 4.74 Å². The van der Waals surface area contributed by atoms with Crippen molar-refractivity contribution >= 4 is 46.5 Å². The fraction of sp³-hybridized carbons (Fsp3) is 0.182. The van der Waals surface area contributed by atoms with Crippen LogP contribution in [0.3, 0.4) is 0 Å². The predicted octanol–water partition coefficient (Wildman–Crippen LogP) is 3.48. The van der Waals surface area contributed by atoms with Crippen LogP contribution in [0.15, 0.2) is 52.4 Å². The number of likely N-dealkylation sites (N-methyl/N-ethyl adjacent to an activating group) is 1. The number of esters is 1. The number of ether oxygens (including phenoxy) is 2. The number of hydrogen-bond acceptors (Lipinski definition) is 7. The first-order valence-corrected chi connectivity index (χ1v) is 10.0. The molecule has 0 bridgehead atoms. The molecule has 9 heteroatoms. The number of aliphatic imine (C=N–C) groups is 1. The van der Waals surface area contributed by atoms with E-state index in [-0.39, 0.29) is 18.1 Å². The van der Waals surface area contributed by atoms with Gasteiger partial charge in [0.05, 0.1) is 23.3 Å². The molecule has 1 fully saturated rings. The highest BCUT2D eigenvalue weighted by atomic mass is 32.2. The highest BCUT2D eigenvalue weighted by Crippen LogP contribution is 2.35. The van der Waals surface area contributed by atoms with E-state index in [0.29, 0.717) is 32.6 Å². The summed E-state index contributed by atoms with van der Waals surface area (Å²) < 4.78 is 10.1. The van der Waals surface area contributed by atoms with Gasteiger partial charge in [-0.2, -0.15) is 0 Å². The van der Waals surface area contributed by atoms with Gasteiger partial charge in [-0.05, 0) is 48.5 Å². The SMILES string of the molecule is COC(=O)COc1ccccc1/C=C1\SC(=Nc2cccc(C(=O)O)c2C)N(C)C1=O. The Morgan fingerprint density at radius 2 is 1.94 bits per heavy atom. The summed E-state index contributed by atoms with van der Waals surface area (Å²) in [6.45, 7) is 1.43. The Labute approximate surface area is 183 Å². The minimum absolute atomic E-state index is 0.159. The molecule has 0 aromatic heterocycles. The summed E-state index contributed by atoms with van der Waals surface area (Å²) >= 11 is 1.17. The molecular formula is C22H20N2O6S. The van der Waals surface area contributed by atoms with Crippen LogP contribution in [0.2, 0.25) is 0 Å². The van der Waals surface area contributed by atoms with Gasteiger partial charge in [0.25, 0.3) is 5.91 Å². The molecule has 2 aromatic carbocycles. The van der Waals surface area contributed by atoms with E-state index in [1.807, 2.05) is 0 Å². The van der Waals surface area contributed by atoms with Gasteiger partial charge in [-0.1, -0.05) is 24.3 Å². The third kappa shape index (κ3) is 4.95. The summed E-state index contributed by atoms with van der Waals surface area (Å²) in [5.74, 6) is -1.36. The molecule has 1 aliphatic rings. The van der Waals surface area contributed by atoms with Crippen LogP contribution in [0.25, 0.3) is 6.08 Å². The van der Waals surface area contributed by atoms with Gasteiger partial charge in [0.1, 0.15) is 5.75 Å². The predicted molar refractivity (Wildman–Crippen MR) is 118 cm³/mol. The van der Waals surface area contributed by atoms with Crippen LogP contribution in [0.1, 0.15) is 21.5 Å². The molecule has 0 atom stereocenters. The third-order valence-corrected chi connectivity index (χ3v) is 5.59. The number of nitrogens with zero attached hydrogens (tertiary/aromatic N) is 2. The van der Waals surface area contributed by atoms with Crippen LogP contribution in [-0.2, 0) is 14.3 Å². The molecule has 1 saturated heterocycles. The maximum atomic E-state index is 12.7. The number of carbonyl (C=O) groups is 3. The standard InChI is InChI=1S/C22H20N2O6S/c1-13-15(21(27)28)8-6-9-16(13)23-22-24(2)20(26)18(31-22)11-14-7-4-5-10-17(14)30-12-19(25)29-3/h4-11H,12H2,1-3H3,(H,27,28)/b18-11-,23-22?. The van der Waals surface area contributed by atoms with E-state index in [9.17, 15) is 19.5 Å². The Morgan fingerprint density at radius 3 is 2.65 bits per heavy atom. The summed E-state index contributed by atoms with van der Waals surface area (Å²) in [5, 5.41) is 9.73. The normalized spacial score (nSPS) is 16.1. The van der Waals surface area contributed by atoms with E-state index in [1.165, 1.54) is 29.8 Å². The lowest BCUT2D eigenvalue weighted by molar-refractivity contribution is -0.142. The Hall–Kier alpha value is -3.59. The minimum Gasteiger partial charge on any atom is -0.481 e. The smallest absolute Gasteiger partial charge is 0.343 e. The lowest BCUT2D eigenvalue weighted by atomic mass is 10.1. The average molecular weight is 440 g/mol. The molecule has 0 saturated carbocycles. The van der Waals surface area contributed by atoms with Gasteiger partial charge >= 0.3 is 11.9 Å². The number of amides is 1. The van der Waals surface area contributed by atoms with Crippen molar-refractivity contribution in [2.75, 3.05) is 20.8 Å². The van der Waals surface area contributed by atoms with Gasteiger partial charge in [-0.3, -0.25) is 9.69 Å². The zero-order valence-electron chi connectivity index (χ0n) is 17.1. The van der Waals surface area contributed by atoms with Crippen molar-refractivity contribution in [3.05, 3.63) is 64.1 Å². The van der Waals surface area contributed by atoms with Gasteiger partial charge in [-0.15, -0.1) is 0 Å². The molecule has 0 spiro atoms. The Bertz CT molecular complexity index is 1110. The molecule has 1 amide bonds. The maximum absolute atomic E-state index is 12.7. The van der Waals surface area contributed by atoms with Gasteiger partial charge in [0.2, 0.25) is 0 Å². The fourth-order valence-electron chi connectivity index (χ4n) is 2.80. The number of aromatic carboxylic acids is 1. The van der Waals surface area contributed by atoms with E-state index < -0.39 is 11.9 Å². The molecular weight excluding hydrogens is 420 g/mol. The van der Waals surface area contributed by atoms with Gasteiger partial charge in [-0.25, -0.2) is 14.6 Å². The van der Waals surface area contributed by atoms with Gasteiger partial charge in [0, 0.05) is 12.6 Å². The molecule has 1 heterocycles. The molecule has 2 aromatic rings. The van der Waals surface area contributed by atoms with E-state index in [0.717, 1.165) is 0 Å². The summed E-state index contributed by atoms with van der Waals surface area (Å²) in [6.07, 6.45) is 1.67. The molecule has 160 valence electrons. The monoisotopic (exact) mass is 440 g/mol. The van der Waals surface area contributed by atoms with Crippen molar-refractivity contribution in [2.45, 2.75) is 6.92 Å². The summed E-state index contributed by atoms with van der Waals surface area (Å²) in [4.78, 5) is 41.8. The summed E-state index contributed by atoms with van der Waals surface area (Å²) in [5.41, 5.74) is 1.78. The van der Waals surface area contributed by atoms with E-state index in [2.05, 4.69) is 9.73 Å².